The van der Waals surface area contributed by atoms with Gasteiger partial charge < -0.3 is 23.7 Å². The van der Waals surface area contributed by atoms with Crippen molar-refractivity contribution in [3.05, 3.63) is 90.5 Å². The van der Waals surface area contributed by atoms with Gasteiger partial charge in [0.15, 0.2) is 5.78 Å². The average Bonchev–Trinajstić information content (AvgIpc) is 2.94. The number of benzene rings is 2. The molecule has 0 saturated carbocycles. The van der Waals surface area contributed by atoms with Gasteiger partial charge in [-0.05, 0) is 48.0 Å². The van der Waals surface area contributed by atoms with Crippen LogP contribution in [0.2, 0.25) is 0 Å². The lowest BCUT2D eigenvalue weighted by Crippen LogP contribution is -2.15. The Kier molecular flexibility index (Phi) is 12.6. The van der Waals surface area contributed by atoms with Crippen LogP contribution in [0.5, 0.6) is 11.5 Å². The molecule has 0 amide bonds. The first-order valence-corrected chi connectivity index (χ1v) is 11.7. The Labute approximate surface area is 221 Å². The molecule has 9 nitrogen and oxygen atoms in total. The van der Waals surface area contributed by atoms with Gasteiger partial charge in [-0.2, -0.15) is 0 Å². The Bertz CT molecular complexity index is 1150. The van der Waals surface area contributed by atoms with E-state index in [-0.39, 0.29) is 37.6 Å². The third-order valence-corrected chi connectivity index (χ3v) is 4.87. The van der Waals surface area contributed by atoms with E-state index in [1.165, 1.54) is 13.2 Å². The fourth-order valence-electron chi connectivity index (χ4n) is 2.85. The highest BCUT2D eigenvalue weighted by Gasteiger charge is 2.13. The molecule has 2 aromatic carbocycles. The minimum Gasteiger partial charge on any atom is -0.493 e. The van der Waals surface area contributed by atoms with Gasteiger partial charge in [-0.25, -0.2) is 9.59 Å². The first kappa shape index (κ1) is 29.6. The second-order valence-corrected chi connectivity index (χ2v) is 7.71. The summed E-state index contributed by atoms with van der Waals surface area (Å²) in [6.07, 6.45) is 4.58. The number of allylic oxidation sites excluding steroid dienone is 1. The van der Waals surface area contributed by atoms with Crippen molar-refractivity contribution in [3.8, 4) is 11.5 Å². The number of carbonyl (C=O) groups is 4. The van der Waals surface area contributed by atoms with Crippen LogP contribution in [0.3, 0.4) is 0 Å². The topological polar surface area (TPSA) is 114 Å². The maximum atomic E-state index is 12.5. The molecule has 0 unspecified atom stereocenters. The lowest BCUT2D eigenvalue weighted by molar-refractivity contribution is -0.144. The fraction of sp³-hybridized carbons (Fsp3) is 0.241. The Morgan fingerprint density at radius 3 is 2.08 bits per heavy atom. The summed E-state index contributed by atoms with van der Waals surface area (Å²) in [5.41, 5.74) is 1.32. The highest BCUT2D eigenvalue weighted by molar-refractivity contribution is 6.06. The third-order valence-electron chi connectivity index (χ3n) is 4.87. The average molecular weight is 523 g/mol. The van der Waals surface area contributed by atoms with E-state index in [9.17, 15) is 19.2 Å². The molecule has 38 heavy (non-hydrogen) atoms. The maximum absolute atomic E-state index is 12.5. The molecule has 2 aromatic rings. The Morgan fingerprint density at radius 1 is 0.816 bits per heavy atom. The maximum Gasteiger partial charge on any atom is 0.334 e. The third kappa shape index (κ3) is 10.9. The van der Waals surface area contributed by atoms with Gasteiger partial charge >= 0.3 is 17.9 Å². The smallest absolute Gasteiger partial charge is 0.334 e. The predicted octanol–water partition coefficient (Wildman–Crippen LogP) is 4.12. The van der Waals surface area contributed by atoms with E-state index in [4.69, 9.17) is 18.9 Å². The molecule has 200 valence electrons. The second-order valence-electron chi connectivity index (χ2n) is 7.71. The van der Waals surface area contributed by atoms with Crippen molar-refractivity contribution in [2.75, 3.05) is 33.5 Å². The van der Waals surface area contributed by atoms with E-state index in [2.05, 4.69) is 17.9 Å². The molecule has 0 aliphatic heterocycles. The SMILES string of the molecule is C=CC(=O)OCCCOc1ccc(C(=O)/C=C/c2ccc(OCCOC(=O)C(=C)CC(=O)OC)cc2)cc1. The number of carbonyl (C=O) groups excluding carboxylic acids is 4. The zero-order valence-electron chi connectivity index (χ0n) is 21.2. The van der Waals surface area contributed by atoms with Crippen molar-refractivity contribution >= 4 is 29.8 Å². The number of ketones is 1. The zero-order chi connectivity index (χ0) is 27.8. The molecule has 0 saturated heterocycles. The van der Waals surface area contributed by atoms with Crippen molar-refractivity contribution in [2.45, 2.75) is 12.8 Å². The van der Waals surface area contributed by atoms with Crippen LogP contribution in [0.25, 0.3) is 6.08 Å². The minimum atomic E-state index is -0.685. The van der Waals surface area contributed by atoms with Gasteiger partial charge in [0.2, 0.25) is 0 Å². The van der Waals surface area contributed by atoms with Crippen LogP contribution in [-0.2, 0) is 28.6 Å². The summed E-state index contributed by atoms with van der Waals surface area (Å²) >= 11 is 0. The van der Waals surface area contributed by atoms with Gasteiger partial charge in [0.25, 0.3) is 0 Å². The normalized spacial score (nSPS) is 10.3. The van der Waals surface area contributed by atoms with E-state index in [1.54, 1.807) is 54.6 Å². The summed E-state index contributed by atoms with van der Waals surface area (Å²) in [6, 6.07) is 13.8. The van der Waals surface area contributed by atoms with Gasteiger partial charge in [0.05, 0.1) is 26.7 Å². The monoisotopic (exact) mass is 522 g/mol. The number of esters is 3. The number of methoxy groups -OCH3 is 1. The lowest BCUT2D eigenvalue weighted by atomic mass is 10.1. The van der Waals surface area contributed by atoms with Crippen molar-refractivity contribution in [1.29, 1.82) is 0 Å². The summed E-state index contributed by atoms with van der Waals surface area (Å²) in [7, 11) is 1.22. The lowest BCUT2D eigenvalue weighted by Gasteiger charge is -2.08. The number of hydrogen-bond donors (Lipinski definition) is 0. The van der Waals surface area contributed by atoms with Gasteiger partial charge in [-0.15, -0.1) is 0 Å². The van der Waals surface area contributed by atoms with E-state index in [1.807, 2.05) is 0 Å². The van der Waals surface area contributed by atoms with Crippen molar-refractivity contribution in [1.82, 2.24) is 0 Å². The molecule has 0 radical (unpaired) electrons. The van der Waals surface area contributed by atoms with Gasteiger partial charge in [-0.3, -0.25) is 9.59 Å². The quantitative estimate of drug-likeness (QED) is 0.106. The van der Waals surface area contributed by atoms with Crippen LogP contribution in [0.15, 0.2) is 79.4 Å². The van der Waals surface area contributed by atoms with Crippen LogP contribution >= 0.6 is 0 Å². The summed E-state index contributed by atoms with van der Waals surface area (Å²) < 4.78 is 25.4. The van der Waals surface area contributed by atoms with Crippen molar-refractivity contribution in [2.24, 2.45) is 0 Å². The van der Waals surface area contributed by atoms with Crippen LogP contribution in [-0.4, -0.2) is 57.2 Å². The first-order valence-electron chi connectivity index (χ1n) is 11.7. The predicted molar refractivity (Wildman–Crippen MR) is 140 cm³/mol. The molecule has 0 aliphatic carbocycles. The van der Waals surface area contributed by atoms with Gasteiger partial charge in [0.1, 0.15) is 24.7 Å². The fourth-order valence-corrected chi connectivity index (χ4v) is 2.85. The van der Waals surface area contributed by atoms with Gasteiger partial charge in [0, 0.05) is 23.6 Å². The molecule has 0 aromatic heterocycles. The molecule has 0 heterocycles. The molecular weight excluding hydrogens is 492 g/mol. The standard InChI is InChI=1S/C29H30O9/c1-4-27(31)37-17-5-16-35-25-13-9-23(10-14-25)26(30)15-8-22-6-11-24(12-7-22)36-18-19-38-29(33)21(2)20-28(32)34-3/h4,6-15H,1-2,5,16-20H2,3H3/b15-8+. The highest BCUT2D eigenvalue weighted by atomic mass is 16.6. The molecule has 0 N–H and O–H groups in total. The molecule has 0 fully saturated rings. The summed E-state index contributed by atoms with van der Waals surface area (Å²) in [4.78, 5) is 46.3. The second kappa shape index (κ2) is 16.2. The largest absolute Gasteiger partial charge is 0.493 e. The number of rotatable bonds is 16. The minimum absolute atomic E-state index is 0.00696. The molecule has 0 atom stereocenters. The van der Waals surface area contributed by atoms with Crippen LogP contribution in [0.4, 0.5) is 0 Å². The van der Waals surface area contributed by atoms with E-state index >= 15 is 0 Å². The van der Waals surface area contributed by atoms with Crippen LogP contribution in [0.1, 0.15) is 28.8 Å². The summed E-state index contributed by atoms with van der Waals surface area (Å²) in [5, 5.41) is 0. The molecule has 2 rings (SSSR count). The number of hydrogen-bond acceptors (Lipinski definition) is 9. The van der Waals surface area contributed by atoms with Crippen LogP contribution in [0, 0.1) is 0 Å². The van der Waals surface area contributed by atoms with E-state index in [0.29, 0.717) is 30.1 Å². The Balaban J connectivity index is 1.72. The summed E-state index contributed by atoms with van der Waals surface area (Å²) in [5.74, 6) is -0.716. The Morgan fingerprint density at radius 2 is 1.45 bits per heavy atom. The molecule has 9 heteroatoms. The Hall–Kier alpha value is -4.66. The van der Waals surface area contributed by atoms with Crippen molar-refractivity contribution < 1.29 is 42.9 Å². The molecular formula is C29H30O9. The molecule has 0 aliphatic rings. The van der Waals surface area contributed by atoms with E-state index in [0.717, 1.165) is 11.6 Å². The van der Waals surface area contributed by atoms with E-state index < -0.39 is 17.9 Å². The van der Waals surface area contributed by atoms with Crippen molar-refractivity contribution in [3.63, 3.8) is 0 Å². The highest BCUT2D eigenvalue weighted by Crippen LogP contribution is 2.16. The molecule has 0 spiro atoms. The van der Waals surface area contributed by atoms with Gasteiger partial charge in [-0.1, -0.05) is 31.4 Å². The number of ether oxygens (including phenoxy) is 5. The molecule has 0 bridgehead atoms. The zero-order valence-corrected chi connectivity index (χ0v) is 21.2. The first-order chi connectivity index (χ1) is 18.3. The summed E-state index contributed by atoms with van der Waals surface area (Å²) in [6.45, 7) is 7.54. The van der Waals surface area contributed by atoms with Crippen LogP contribution < -0.4 is 9.47 Å².